The van der Waals surface area contributed by atoms with E-state index in [0.29, 0.717) is 6.61 Å². The molecule has 0 amide bonds. The number of aromatic nitrogens is 1. The smallest absolute Gasteiger partial charge is 0.264 e. The monoisotopic (exact) mass is 805 g/mol. The zero-order valence-electron chi connectivity index (χ0n) is 35.6. The van der Waals surface area contributed by atoms with E-state index in [1.807, 2.05) is 6.07 Å². The van der Waals surface area contributed by atoms with E-state index in [2.05, 4.69) is 122 Å². The summed E-state index contributed by atoms with van der Waals surface area (Å²) in [6, 6.07) is 20.0. The summed E-state index contributed by atoms with van der Waals surface area (Å²) in [4.78, 5) is 3.65. The molecule has 2 saturated heterocycles. The molecule has 3 aromatic rings. The van der Waals surface area contributed by atoms with Gasteiger partial charge < -0.3 is 23.6 Å². The standard InChI is InChI=1S/C46H67NO7SSi/c1-11-56(12-2,13-3)53-38-28-45-39(52-41(38)42(6,7)50-30-33-18-15-14-16-19-33)25-26-43(8)44(9,35(31-51-55(10,48)49)24-27-46(43,45)54-45)36-29-47-37-21-17-20-34(40(36)37)23-22-32(4)5/h14-22,29,35,38-39,41,47H,11-13,23-28,30-31H2,1-10H3/t35-,38+,39-,41-,43+,44+,45+,46-/m0/s1. The Morgan fingerprint density at radius 3 is 2.38 bits per heavy atom. The lowest BCUT2D eigenvalue weighted by atomic mass is 9.41. The summed E-state index contributed by atoms with van der Waals surface area (Å²) in [6.07, 6.45) is 9.96. The van der Waals surface area contributed by atoms with Crippen molar-refractivity contribution in [1.82, 2.24) is 4.98 Å². The van der Waals surface area contributed by atoms with Crippen LogP contribution in [-0.4, -0.2) is 69.7 Å². The van der Waals surface area contributed by atoms with Crippen LogP contribution in [0.2, 0.25) is 18.1 Å². The number of ether oxygens (including phenoxy) is 3. The van der Waals surface area contributed by atoms with Crippen molar-refractivity contribution in [2.24, 2.45) is 11.3 Å². The summed E-state index contributed by atoms with van der Waals surface area (Å²) in [5.74, 6) is -0.0592. The summed E-state index contributed by atoms with van der Waals surface area (Å²) in [5, 5.41) is 1.23. The van der Waals surface area contributed by atoms with Gasteiger partial charge in [-0.25, -0.2) is 0 Å². The zero-order chi connectivity index (χ0) is 40.4. The Kier molecular flexibility index (Phi) is 11.2. The van der Waals surface area contributed by atoms with Gasteiger partial charge in [0.2, 0.25) is 0 Å². The second-order valence-corrected chi connectivity index (χ2v) is 25.0. The maximum atomic E-state index is 12.6. The molecular weight excluding hydrogens is 739 g/mol. The molecule has 56 heavy (non-hydrogen) atoms. The largest absolute Gasteiger partial charge is 0.411 e. The van der Waals surface area contributed by atoms with Crippen molar-refractivity contribution in [3.63, 3.8) is 0 Å². The highest BCUT2D eigenvalue weighted by Gasteiger charge is 2.87. The number of allylic oxidation sites excluding steroid dienone is 2. The first-order chi connectivity index (χ1) is 26.4. The zero-order valence-corrected chi connectivity index (χ0v) is 37.4. The molecule has 2 spiro atoms. The van der Waals surface area contributed by atoms with Crippen LogP contribution in [0.5, 0.6) is 0 Å². The minimum Gasteiger partial charge on any atom is -0.411 e. The van der Waals surface area contributed by atoms with Crippen molar-refractivity contribution in [3.8, 4) is 0 Å². The fraction of sp³-hybridized carbons (Fsp3) is 0.652. The number of rotatable bonds is 15. The van der Waals surface area contributed by atoms with Gasteiger partial charge in [0.05, 0.1) is 37.3 Å². The highest BCUT2D eigenvalue weighted by atomic mass is 32.2. The van der Waals surface area contributed by atoms with Crippen molar-refractivity contribution in [2.75, 3.05) is 12.9 Å². The maximum Gasteiger partial charge on any atom is 0.264 e. The Morgan fingerprint density at radius 2 is 1.71 bits per heavy atom. The van der Waals surface area contributed by atoms with Crippen LogP contribution < -0.4 is 0 Å². The van der Waals surface area contributed by atoms with Gasteiger partial charge in [-0.15, -0.1) is 0 Å². The highest BCUT2D eigenvalue weighted by Crippen LogP contribution is 2.78. The van der Waals surface area contributed by atoms with Crippen molar-refractivity contribution < 1.29 is 31.2 Å². The van der Waals surface area contributed by atoms with Gasteiger partial charge in [-0.2, -0.15) is 8.42 Å². The van der Waals surface area contributed by atoms with Gasteiger partial charge in [0, 0.05) is 34.4 Å². The SMILES string of the molecule is CC[Si](CC)(CC)O[C@@H]1C[C@]23O[C@]24CC[C@@H](COS(C)(=O)=O)[C@](C)(c2c[nH]c5cccc(CC=C(C)C)c25)[C@@]4(C)CC[C@@H]3O[C@@H]1C(C)(C)OCc1ccccc1. The lowest BCUT2D eigenvalue weighted by Crippen LogP contribution is -2.69. The van der Waals surface area contributed by atoms with Gasteiger partial charge in [0.1, 0.15) is 17.3 Å². The van der Waals surface area contributed by atoms with Crippen LogP contribution in [0.3, 0.4) is 0 Å². The first kappa shape index (κ1) is 41.8. The number of benzene rings is 2. The topological polar surface area (TPSA) is 99.4 Å². The first-order valence-corrected chi connectivity index (χ1v) is 25.6. The van der Waals surface area contributed by atoms with Crippen molar-refractivity contribution in [2.45, 2.75) is 166 Å². The van der Waals surface area contributed by atoms with E-state index in [-0.39, 0.29) is 36.3 Å². The Labute approximate surface area is 337 Å². The molecule has 8 atom stereocenters. The van der Waals surface area contributed by atoms with E-state index < -0.39 is 40.7 Å². The molecule has 2 aliphatic heterocycles. The van der Waals surface area contributed by atoms with Crippen LogP contribution in [0.15, 0.2) is 66.4 Å². The van der Waals surface area contributed by atoms with E-state index in [9.17, 15) is 8.42 Å². The Bertz CT molecular complexity index is 2010. The number of hydrogen-bond acceptors (Lipinski definition) is 7. The molecule has 8 nitrogen and oxygen atoms in total. The molecule has 7 rings (SSSR count). The number of hydrogen-bond donors (Lipinski definition) is 1. The number of fused-ring (bicyclic) bond motifs is 1. The number of epoxide rings is 1. The summed E-state index contributed by atoms with van der Waals surface area (Å²) in [6.45, 7) is 21.0. The summed E-state index contributed by atoms with van der Waals surface area (Å²) in [5.41, 5.74) is 3.54. The summed E-state index contributed by atoms with van der Waals surface area (Å²) in [7, 11) is -5.74. The van der Waals surface area contributed by atoms with Crippen molar-refractivity contribution in [1.29, 1.82) is 0 Å². The normalized spacial score (nSPS) is 33.0. The van der Waals surface area contributed by atoms with Crippen LogP contribution in [0.25, 0.3) is 10.9 Å². The minimum atomic E-state index is -3.65. The molecule has 2 aromatic carbocycles. The molecule has 10 heteroatoms. The average Bonchev–Trinajstić information content (AvgIpc) is 3.61. The molecule has 4 fully saturated rings. The van der Waals surface area contributed by atoms with Gasteiger partial charge in [0.15, 0.2) is 8.32 Å². The van der Waals surface area contributed by atoms with Gasteiger partial charge in [-0.3, -0.25) is 4.18 Å². The van der Waals surface area contributed by atoms with Crippen LogP contribution in [0, 0.1) is 11.3 Å². The molecule has 308 valence electrons. The summed E-state index contributed by atoms with van der Waals surface area (Å²) < 4.78 is 60.1. The third kappa shape index (κ3) is 6.81. The molecule has 2 aliphatic carbocycles. The molecule has 2 saturated carbocycles. The minimum absolute atomic E-state index is 0.0592. The van der Waals surface area contributed by atoms with Crippen molar-refractivity contribution >= 4 is 29.3 Å². The Morgan fingerprint density at radius 1 is 1.00 bits per heavy atom. The highest BCUT2D eigenvalue weighted by molar-refractivity contribution is 7.85. The second-order valence-electron chi connectivity index (χ2n) is 18.7. The maximum absolute atomic E-state index is 12.6. The Balaban J connectivity index is 1.31. The summed E-state index contributed by atoms with van der Waals surface area (Å²) >= 11 is 0. The number of H-pyrrole nitrogens is 1. The average molecular weight is 806 g/mol. The van der Waals surface area contributed by atoms with E-state index in [1.165, 1.54) is 22.1 Å². The molecule has 0 bridgehead atoms. The van der Waals surface area contributed by atoms with Crippen LogP contribution >= 0.6 is 0 Å². The van der Waals surface area contributed by atoms with Gasteiger partial charge >= 0.3 is 0 Å². The molecule has 4 aliphatic rings. The van der Waals surface area contributed by atoms with E-state index in [4.69, 9.17) is 22.8 Å². The van der Waals surface area contributed by atoms with Crippen LogP contribution in [0.1, 0.15) is 111 Å². The molecule has 0 unspecified atom stereocenters. The number of aromatic amines is 1. The molecule has 1 N–H and O–H groups in total. The third-order valence-corrected chi connectivity index (χ3v) is 20.5. The second kappa shape index (κ2) is 15.1. The molecule has 3 heterocycles. The fourth-order valence-electron chi connectivity index (χ4n) is 11.7. The van der Waals surface area contributed by atoms with Crippen LogP contribution in [-0.2, 0) is 51.4 Å². The van der Waals surface area contributed by atoms with Crippen LogP contribution in [0.4, 0.5) is 0 Å². The predicted octanol–water partition coefficient (Wildman–Crippen LogP) is 10.2. The first-order valence-electron chi connectivity index (χ1n) is 21.2. The molecule has 0 radical (unpaired) electrons. The van der Waals surface area contributed by atoms with Gasteiger partial charge in [-0.1, -0.05) is 88.7 Å². The van der Waals surface area contributed by atoms with Crippen molar-refractivity contribution in [3.05, 3.63) is 83.1 Å². The Hall–Kier alpha value is -2.31. The quantitative estimate of drug-likeness (QED) is 0.0707. The third-order valence-electron chi connectivity index (χ3n) is 15.3. The van der Waals surface area contributed by atoms with E-state index in [1.54, 1.807) is 0 Å². The van der Waals surface area contributed by atoms with Gasteiger partial charge in [0.25, 0.3) is 10.1 Å². The molecular formula is C46H67NO7SSi. The predicted molar refractivity (Wildman–Crippen MR) is 227 cm³/mol. The molecule has 1 aromatic heterocycles. The van der Waals surface area contributed by atoms with Gasteiger partial charge in [-0.05, 0) is 107 Å². The fourth-order valence-corrected chi connectivity index (χ4v) is 14.9. The number of nitrogens with one attached hydrogen (secondary N) is 1. The lowest BCUT2D eigenvalue weighted by molar-refractivity contribution is -0.233. The lowest BCUT2D eigenvalue weighted by Gasteiger charge is -2.62. The van der Waals surface area contributed by atoms with E-state index >= 15 is 0 Å². The van der Waals surface area contributed by atoms with E-state index in [0.717, 1.165) is 74.0 Å².